The van der Waals surface area contributed by atoms with Crippen LogP contribution in [0, 0.1) is 0 Å². The van der Waals surface area contributed by atoms with Crippen LogP contribution in [0.25, 0.3) is 6.08 Å². The SMILES string of the molecule is C=CCOc1ccc(/C=C\C(=O)N2C(C)CCCC2C)cc1N. The molecule has 1 heterocycles. The lowest BCUT2D eigenvalue weighted by atomic mass is 9.97. The van der Waals surface area contributed by atoms with E-state index in [1.807, 2.05) is 29.2 Å². The van der Waals surface area contributed by atoms with Gasteiger partial charge in [-0.1, -0.05) is 18.7 Å². The predicted molar refractivity (Wildman–Crippen MR) is 95.2 cm³/mol. The molecule has 2 unspecified atom stereocenters. The van der Waals surface area contributed by atoms with Crippen LogP contribution in [-0.4, -0.2) is 29.5 Å². The van der Waals surface area contributed by atoms with Crippen molar-refractivity contribution in [3.8, 4) is 5.75 Å². The highest BCUT2D eigenvalue weighted by molar-refractivity contribution is 5.92. The second-order valence-electron chi connectivity index (χ2n) is 6.10. The third kappa shape index (κ3) is 4.38. The van der Waals surface area contributed by atoms with Crippen LogP contribution >= 0.6 is 0 Å². The first-order valence-electron chi connectivity index (χ1n) is 8.16. The van der Waals surface area contributed by atoms with Crippen molar-refractivity contribution >= 4 is 17.7 Å². The molecule has 2 rings (SSSR count). The molecule has 0 aliphatic carbocycles. The normalized spacial score (nSPS) is 21.4. The molecular formula is C19H26N2O2. The fourth-order valence-corrected chi connectivity index (χ4v) is 3.06. The number of anilines is 1. The van der Waals surface area contributed by atoms with Crippen molar-refractivity contribution < 1.29 is 9.53 Å². The second kappa shape index (κ2) is 7.86. The van der Waals surface area contributed by atoms with E-state index in [9.17, 15) is 4.79 Å². The summed E-state index contributed by atoms with van der Waals surface area (Å²) in [5.74, 6) is 0.696. The Labute approximate surface area is 138 Å². The van der Waals surface area contributed by atoms with Crippen molar-refractivity contribution in [1.82, 2.24) is 4.90 Å². The van der Waals surface area contributed by atoms with E-state index in [2.05, 4.69) is 20.4 Å². The summed E-state index contributed by atoms with van der Waals surface area (Å²) >= 11 is 0. The third-order valence-corrected chi connectivity index (χ3v) is 4.26. The van der Waals surface area contributed by atoms with Crippen LogP contribution in [0.4, 0.5) is 5.69 Å². The average molecular weight is 314 g/mol. The molecule has 1 saturated heterocycles. The first-order chi connectivity index (χ1) is 11.0. The minimum absolute atomic E-state index is 0.0651. The number of nitrogens with two attached hydrogens (primary N) is 1. The summed E-state index contributed by atoms with van der Waals surface area (Å²) in [7, 11) is 0. The van der Waals surface area contributed by atoms with Crippen LogP contribution in [0.1, 0.15) is 38.7 Å². The Bertz CT molecular complexity index is 585. The Morgan fingerprint density at radius 2 is 2.09 bits per heavy atom. The van der Waals surface area contributed by atoms with Gasteiger partial charge in [0, 0.05) is 18.2 Å². The number of hydrogen-bond donors (Lipinski definition) is 1. The molecule has 0 aromatic heterocycles. The summed E-state index contributed by atoms with van der Waals surface area (Å²) < 4.78 is 5.45. The van der Waals surface area contributed by atoms with E-state index in [1.165, 1.54) is 6.42 Å². The van der Waals surface area contributed by atoms with Crippen molar-refractivity contribution in [2.45, 2.75) is 45.2 Å². The fraction of sp³-hybridized carbons (Fsp3) is 0.421. The maximum absolute atomic E-state index is 12.5. The molecule has 1 amide bonds. The molecule has 0 bridgehead atoms. The molecule has 0 radical (unpaired) electrons. The molecule has 1 aliphatic rings. The van der Waals surface area contributed by atoms with Gasteiger partial charge >= 0.3 is 0 Å². The van der Waals surface area contributed by atoms with E-state index >= 15 is 0 Å². The van der Waals surface area contributed by atoms with E-state index < -0.39 is 0 Å². The number of hydrogen-bond acceptors (Lipinski definition) is 3. The van der Waals surface area contributed by atoms with E-state index in [1.54, 1.807) is 12.2 Å². The summed E-state index contributed by atoms with van der Waals surface area (Å²) in [6, 6.07) is 6.12. The summed E-state index contributed by atoms with van der Waals surface area (Å²) in [4.78, 5) is 14.4. The fourth-order valence-electron chi connectivity index (χ4n) is 3.06. The summed E-state index contributed by atoms with van der Waals surface area (Å²) in [5, 5.41) is 0. The van der Waals surface area contributed by atoms with Gasteiger partial charge in [-0.2, -0.15) is 0 Å². The molecule has 23 heavy (non-hydrogen) atoms. The van der Waals surface area contributed by atoms with Gasteiger partial charge in [-0.05, 0) is 56.9 Å². The van der Waals surface area contributed by atoms with Gasteiger partial charge in [0.25, 0.3) is 0 Å². The van der Waals surface area contributed by atoms with E-state index in [-0.39, 0.29) is 5.91 Å². The number of carbonyl (C=O) groups excluding carboxylic acids is 1. The van der Waals surface area contributed by atoms with Crippen molar-refractivity contribution in [2.24, 2.45) is 0 Å². The van der Waals surface area contributed by atoms with Gasteiger partial charge in [0.15, 0.2) is 0 Å². The minimum atomic E-state index is 0.0651. The molecule has 1 aliphatic heterocycles. The number of nitrogen functional groups attached to an aromatic ring is 1. The molecule has 1 fully saturated rings. The number of nitrogens with zero attached hydrogens (tertiary/aromatic N) is 1. The highest BCUT2D eigenvalue weighted by Crippen LogP contribution is 2.25. The molecule has 1 aromatic rings. The van der Waals surface area contributed by atoms with Crippen LogP contribution in [-0.2, 0) is 4.79 Å². The van der Waals surface area contributed by atoms with Gasteiger partial charge in [-0.3, -0.25) is 4.79 Å². The molecular weight excluding hydrogens is 288 g/mol. The smallest absolute Gasteiger partial charge is 0.247 e. The number of amides is 1. The first kappa shape index (κ1) is 17.1. The number of rotatable bonds is 5. The molecule has 0 spiro atoms. The first-order valence-corrected chi connectivity index (χ1v) is 8.16. The zero-order valence-corrected chi connectivity index (χ0v) is 14.0. The predicted octanol–water partition coefficient (Wildman–Crippen LogP) is 3.64. The summed E-state index contributed by atoms with van der Waals surface area (Å²) in [5.41, 5.74) is 7.41. The number of ether oxygens (including phenoxy) is 1. The Kier molecular flexibility index (Phi) is 5.85. The monoisotopic (exact) mass is 314 g/mol. The van der Waals surface area contributed by atoms with Gasteiger partial charge in [0.2, 0.25) is 5.91 Å². The highest BCUT2D eigenvalue weighted by Gasteiger charge is 2.27. The van der Waals surface area contributed by atoms with Crippen molar-refractivity contribution in [3.05, 3.63) is 42.5 Å². The maximum Gasteiger partial charge on any atom is 0.247 e. The molecule has 2 atom stereocenters. The van der Waals surface area contributed by atoms with Gasteiger partial charge in [0.05, 0.1) is 5.69 Å². The Morgan fingerprint density at radius 3 is 2.70 bits per heavy atom. The highest BCUT2D eigenvalue weighted by atomic mass is 16.5. The molecule has 0 saturated carbocycles. The lowest BCUT2D eigenvalue weighted by molar-refractivity contribution is -0.131. The number of likely N-dealkylation sites (tertiary alicyclic amines) is 1. The minimum Gasteiger partial charge on any atom is -0.487 e. The third-order valence-electron chi connectivity index (χ3n) is 4.26. The Hall–Kier alpha value is -2.23. The van der Waals surface area contributed by atoms with E-state index in [0.717, 1.165) is 18.4 Å². The van der Waals surface area contributed by atoms with Crippen LogP contribution < -0.4 is 10.5 Å². The second-order valence-corrected chi connectivity index (χ2v) is 6.10. The molecule has 4 heteroatoms. The van der Waals surface area contributed by atoms with E-state index in [4.69, 9.17) is 10.5 Å². The van der Waals surface area contributed by atoms with Crippen LogP contribution in [0.5, 0.6) is 5.75 Å². The standard InChI is InChI=1S/C19H26N2O2/c1-4-12-23-18-10-8-16(13-17(18)20)9-11-19(22)21-14(2)6-5-7-15(21)3/h4,8-11,13-15H,1,5-7,12,20H2,2-3H3/b11-9-. The van der Waals surface area contributed by atoms with Gasteiger partial charge < -0.3 is 15.4 Å². The van der Waals surface area contributed by atoms with Crippen molar-refractivity contribution in [1.29, 1.82) is 0 Å². The molecule has 2 N–H and O–H groups in total. The number of benzene rings is 1. The quantitative estimate of drug-likeness (QED) is 0.513. The maximum atomic E-state index is 12.5. The van der Waals surface area contributed by atoms with Crippen molar-refractivity contribution in [2.75, 3.05) is 12.3 Å². The lowest BCUT2D eigenvalue weighted by Gasteiger charge is -2.38. The van der Waals surface area contributed by atoms with E-state index in [0.29, 0.717) is 30.1 Å². The van der Waals surface area contributed by atoms with Crippen LogP contribution in [0.15, 0.2) is 36.9 Å². The zero-order chi connectivity index (χ0) is 16.8. The van der Waals surface area contributed by atoms with Gasteiger partial charge in [-0.15, -0.1) is 0 Å². The van der Waals surface area contributed by atoms with Crippen LogP contribution in [0.3, 0.4) is 0 Å². The van der Waals surface area contributed by atoms with Crippen LogP contribution in [0.2, 0.25) is 0 Å². The Morgan fingerprint density at radius 1 is 1.39 bits per heavy atom. The lowest BCUT2D eigenvalue weighted by Crippen LogP contribution is -2.46. The van der Waals surface area contributed by atoms with Gasteiger partial charge in [0.1, 0.15) is 12.4 Å². The Balaban J connectivity index is 2.05. The summed E-state index contributed by atoms with van der Waals surface area (Å²) in [6.45, 7) is 8.26. The van der Waals surface area contributed by atoms with Gasteiger partial charge in [-0.25, -0.2) is 0 Å². The molecule has 124 valence electrons. The average Bonchev–Trinajstić information content (AvgIpc) is 2.52. The van der Waals surface area contributed by atoms with Crippen molar-refractivity contribution in [3.63, 3.8) is 0 Å². The molecule has 1 aromatic carbocycles. The molecule has 4 nitrogen and oxygen atoms in total. The number of piperidine rings is 1. The zero-order valence-electron chi connectivity index (χ0n) is 14.0. The topological polar surface area (TPSA) is 55.6 Å². The summed E-state index contributed by atoms with van der Waals surface area (Å²) in [6.07, 6.45) is 8.46. The largest absolute Gasteiger partial charge is 0.487 e. The number of carbonyl (C=O) groups is 1.